The van der Waals surface area contributed by atoms with Crippen molar-refractivity contribution in [1.29, 1.82) is 0 Å². The van der Waals surface area contributed by atoms with Gasteiger partial charge in [0.15, 0.2) is 0 Å². The van der Waals surface area contributed by atoms with Crippen molar-refractivity contribution in [3.05, 3.63) is 94.2 Å². The number of nitrogens with zero attached hydrogens (tertiary/aromatic N) is 3. The second-order valence-electron chi connectivity index (χ2n) is 7.29. The predicted molar refractivity (Wildman–Crippen MR) is 123 cm³/mol. The number of ether oxygens (including phenoxy) is 1. The number of hydrogen-bond acceptors (Lipinski definition) is 4. The minimum absolute atomic E-state index is 0.165. The third kappa shape index (κ3) is 3.72. The summed E-state index contributed by atoms with van der Waals surface area (Å²) in [6.07, 6.45) is 0.564. The SMILES string of the molecule is COc1ccc(C2=NN(C(=O)c3ccc(Br)cc3)[C@H](c3nc4ccccc4[nH]3)C2)cc1. The van der Waals surface area contributed by atoms with Crippen molar-refractivity contribution in [1.82, 2.24) is 15.0 Å². The van der Waals surface area contributed by atoms with Gasteiger partial charge in [0.25, 0.3) is 5.91 Å². The highest BCUT2D eigenvalue weighted by molar-refractivity contribution is 9.10. The van der Waals surface area contributed by atoms with Gasteiger partial charge < -0.3 is 9.72 Å². The van der Waals surface area contributed by atoms with Gasteiger partial charge in [-0.3, -0.25) is 4.79 Å². The third-order valence-electron chi connectivity index (χ3n) is 5.36. The lowest BCUT2D eigenvalue weighted by Crippen LogP contribution is -2.27. The van der Waals surface area contributed by atoms with Crippen LogP contribution in [0.25, 0.3) is 11.0 Å². The molecule has 2 heterocycles. The maximum Gasteiger partial charge on any atom is 0.274 e. The Hall–Kier alpha value is -3.45. The maximum absolute atomic E-state index is 13.4. The summed E-state index contributed by atoms with van der Waals surface area (Å²) in [5.74, 6) is 1.33. The number of H-pyrrole nitrogens is 1. The number of para-hydroxylation sites is 2. The second-order valence-corrected chi connectivity index (χ2v) is 8.21. The zero-order chi connectivity index (χ0) is 21.4. The Morgan fingerprint density at radius 2 is 1.81 bits per heavy atom. The lowest BCUT2D eigenvalue weighted by Gasteiger charge is -2.20. The van der Waals surface area contributed by atoms with Gasteiger partial charge in [-0.05, 0) is 66.2 Å². The van der Waals surface area contributed by atoms with Gasteiger partial charge in [0.1, 0.15) is 17.6 Å². The van der Waals surface area contributed by atoms with E-state index in [1.165, 1.54) is 0 Å². The number of aromatic nitrogens is 2. The van der Waals surface area contributed by atoms with Crippen LogP contribution in [0.1, 0.15) is 34.2 Å². The van der Waals surface area contributed by atoms with Crippen LogP contribution in [0.15, 0.2) is 82.4 Å². The molecule has 0 radical (unpaired) electrons. The fourth-order valence-electron chi connectivity index (χ4n) is 3.72. The van der Waals surface area contributed by atoms with E-state index in [9.17, 15) is 4.79 Å². The Morgan fingerprint density at radius 3 is 2.52 bits per heavy atom. The normalized spacial score (nSPS) is 15.9. The molecule has 0 saturated heterocycles. The number of halogens is 1. The molecule has 154 valence electrons. The molecule has 1 aliphatic heterocycles. The molecular formula is C24H19BrN4O2. The first-order valence-corrected chi connectivity index (χ1v) is 10.7. The molecule has 0 aliphatic carbocycles. The molecule has 31 heavy (non-hydrogen) atoms. The molecule has 1 N–H and O–H groups in total. The Kier molecular flexibility index (Phi) is 5.03. The van der Waals surface area contributed by atoms with Gasteiger partial charge in [0, 0.05) is 16.5 Å². The van der Waals surface area contributed by atoms with Crippen LogP contribution in [0.4, 0.5) is 0 Å². The minimum Gasteiger partial charge on any atom is -0.497 e. The summed E-state index contributed by atoms with van der Waals surface area (Å²) in [6, 6.07) is 22.5. The van der Waals surface area contributed by atoms with Gasteiger partial charge in [-0.1, -0.05) is 28.1 Å². The van der Waals surface area contributed by atoms with Gasteiger partial charge >= 0.3 is 0 Å². The number of carbonyl (C=O) groups is 1. The first kappa shape index (κ1) is 19.5. The fraction of sp³-hybridized carbons (Fsp3) is 0.125. The Balaban J connectivity index is 1.54. The zero-order valence-corrected chi connectivity index (χ0v) is 18.3. The van der Waals surface area contributed by atoms with Crippen LogP contribution in [-0.2, 0) is 0 Å². The number of methoxy groups -OCH3 is 1. The van der Waals surface area contributed by atoms with Crippen LogP contribution < -0.4 is 4.74 Å². The Morgan fingerprint density at radius 1 is 1.06 bits per heavy atom. The third-order valence-corrected chi connectivity index (χ3v) is 5.88. The molecule has 1 aromatic heterocycles. The molecule has 0 fully saturated rings. The van der Waals surface area contributed by atoms with E-state index in [1.54, 1.807) is 24.3 Å². The minimum atomic E-state index is -0.319. The summed E-state index contributed by atoms with van der Waals surface area (Å²) in [5.41, 5.74) is 4.16. The van der Waals surface area contributed by atoms with E-state index in [0.717, 1.165) is 38.4 Å². The quantitative estimate of drug-likeness (QED) is 0.434. The van der Waals surface area contributed by atoms with Crippen molar-refractivity contribution in [2.24, 2.45) is 5.10 Å². The Labute approximate surface area is 187 Å². The molecule has 1 amide bonds. The molecule has 5 rings (SSSR count). The van der Waals surface area contributed by atoms with Crippen molar-refractivity contribution < 1.29 is 9.53 Å². The highest BCUT2D eigenvalue weighted by atomic mass is 79.9. The van der Waals surface area contributed by atoms with Crippen LogP contribution in [0.2, 0.25) is 0 Å². The summed E-state index contributed by atoms with van der Waals surface area (Å²) < 4.78 is 6.18. The average Bonchev–Trinajstić information content (AvgIpc) is 3.43. The van der Waals surface area contributed by atoms with Crippen LogP contribution in [-0.4, -0.2) is 33.7 Å². The topological polar surface area (TPSA) is 70.6 Å². The van der Waals surface area contributed by atoms with Crippen molar-refractivity contribution in [3.63, 3.8) is 0 Å². The number of imidazole rings is 1. The predicted octanol–water partition coefficient (Wildman–Crippen LogP) is 5.33. The summed E-state index contributed by atoms with van der Waals surface area (Å²) >= 11 is 3.42. The lowest BCUT2D eigenvalue weighted by molar-refractivity contribution is 0.0705. The van der Waals surface area contributed by atoms with E-state index in [4.69, 9.17) is 14.8 Å². The van der Waals surface area contributed by atoms with Crippen LogP contribution in [0.3, 0.4) is 0 Å². The average molecular weight is 475 g/mol. The van der Waals surface area contributed by atoms with E-state index in [-0.39, 0.29) is 11.9 Å². The monoisotopic (exact) mass is 474 g/mol. The van der Waals surface area contributed by atoms with Gasteiger partial charge in [-0.2, -0.15) is 5.10 Å². The second kappa shape index (κ2) is 8.00. The largest absolute Gasteiger partial charge is 0.497 e. The van der Waals surface area contributed by atoms with Gasteiger partial charge in [0.05, 0.1) is 23.9 Å². The Bertz CT molecular complexity index is 1250. The molecule has 4 aromatic rings. The van der Waals surface area contributed by atoms with Crippen LogP contribution >= 0.6 is 15.9 Å². The van der Waals surface area contributed by atoms with Gasteiger partial charge in [0.2, 0.25) is 0 Å². The van der Waals surface area contributed by atoms with Crippen molar-refractivity contribution in [2.45, 2.75) is 12.5 Å². The standard InChI is InChI=1S/C24H19BrN4O2/c1-31-18-12-8-15(9-13-18)21-14-22(23-26-19-4-2-3-5-20(19)27-23)29(28-21)24(30)16-6-10-17(25)11-7-16/h2-13,22H,14H2,1H3,(H,26,27)/t22-/m0/s1. The highest BCUT2D eigenvalue weighted by Gasteiger charge is 2.35. The number of hydrazone groups is 1. The van der Waals surface area contributed by atoms with E-state index >= 15 is 0 Å². The molecule has 3 aromatic carbocycles. The molecule has 1 aliphatic rings. The number of amides is 1. The number of benzene rings is 3. The van der Waals surface area contributed by atoms with Crippen molar-refractivity contribution in [3.8, 4) is 5.75 Å². The summed E-state index contributed by atoms with van der Waals surface area (Å²) in [4.78, 5) is 21.5. The van der Waals surface area contributed by atoms with Crippen molar-refractivity contribution in [2.75, 3.05) is 7.11 Å². The molecule has 0 saturated carbocycles. The van der Waals surface area contributed by atoms with Crippen molar-refractivity contribution >= 4 is 38.6 Å². The van der Waals surface area contributed by atoms with Gasteiger partial charge in [-0.15, -0.1) is 0 Å². The van der Waals surface area contributed by atoms with Gasteiger partial charge in [-0.25, -0.2) is 9.99 Å². The highest BCUT2D eigenvalue weighted by Crippen LogP contribution is 2.34. The molecule has 1 atom stereocenters. The lowest BCUT2D eigenvalue weighted by atomic mass is 10.0. The first-order chi connectivity index (χ1) is 15.1. The molecular weight excluding hydrogens is 456 g/mol. The van der Waals surface area contributed by atoms with E-state index in [1.807, 2.05) is 60.7 Å². The number of aromatic amines is 1. The number of nitrogens with one attached hydrogen (secondary N) is 1. The maximum atomic E-state index is 13.4. The summed E-state index contributed by atoms with van der Waals surface area (Å²) in [6.45, 7) is 0. The summed E-state index contributed by atoms with van der Waals surface area (Å²) in [7, 11) is 1.64. The smallest absolute Gasteiger partial charge is 0.274 e. The molecule has 0 unspecified atom stereocenters. The number of fused-ring (bicyclic) bond motifs is 1. The van der Waals surface area contributed by atoms with E-state index in [0.29, 0.717) is 12.0 Å². The van der Waals surface area contributed by atoms with E-state index < -0.39 is 0 Å². The molecule has 7 heteroatoms. The number of hydrogen-bond donors (Lipinski definition) is 1. The molecule has 0 spiro atoms. The number of rotatable bonds is 4. The molecule has 6 nitrogen and oxygen atoms in total. The molecule has 0 bridgehead atoms. The summed E-state index contributed by atoms with van der Waals surface area (Å²) in [5, 5.41) is 6.27. The fourth-order valence-corrected chi connectivity index (χ4v) is 3.99. The van der Waals surface area contributed by atoms with E-state index in [2.05, 4.69) is 20.9 Å². The van der Waals surface area contributed by atoms with Crippen LogP contribution in [0.5, 0.6) is 5.75 Å². The first-order valence-electron chi connectivity index (χ1n) is 9.88. The number of carbonyl (C=O) groups excluding carboxylic acids is 1. The van der Waals surface area contributed by atoms with Crippen LogP contribution in [0, 0.1) is 0 Å². The zero-order valence-electron chi connectivity index (χ0n) is 16.7.